The first-order valence-corrected chi connectivity index (χ1v) is 6.86. The van der Waals surface area contributed by atoms with Crippen molar-refractivity contribution in [2.75, 3.05) is 32.9 Å². The number of hydrogen-bond donors (Lipinski definition) is 1. The quantitative estimate of drug-likeness (QED) is 0.878. The van der Waals surface area contributed by atoms with Gasteiger partial charge in [0.05, 0.1) is 13.2 Å². The van der Waals surface area contributed by atoms with E-state index in [9.17, 15) is 0 Å². The Kier molecular flexibility index (Phi) is 4.80. The minimum absolute atomic E-state index is 0.102. The summed E-state index contributed by atoms with van der Waals surface area (Å²) in [5.41, 5.74) is 6.80. The van der Waals surface area contributed by atoms with Gasteiger partial charge in [0.2, 0.25) is 0 Å². The van der Waals surface area contributed by atoms with Crippen molar-refractivity contribution in [3.63, 3.8) is 0 Å². The molecule has 0 unspecified atom stereocenters. The number of ether oxygens (including phenoxy) is 2. The largest absolute Gasteiger partial charge is 0.492 e. The highest BCUT2D eigenvalue weighted by Crippen LogP contribution is 2.18. The predicted molar refractivity (Wildman–Crippen MR) is 76.3 cm³/mol. The number of benzene rings is 1. The molecule has 0 spiro atoms. The van der Waals surface area contributed by atoms with Crippen LogP contribution >= 0.6 is 0 Å². The summed E-state index contributed by atoms with van der Waals surface area (Å²) in [5, 5.41) is 0. The van der Waals surface area contributed by atoms with E-state index in [1.54, 1.807) is 0 Å². The van der Waals surface area contributed by atoms with Crippen molar-refractivity contribution in [3.05, 3.63) is 29.8 Å². The fourth-order valence-electron chi connectivity index (χ4n) is 2.30. The molecule has 1 aliphatic heterocycles. The summed E-state index contributed by atoms with van der Waals surface area (Å²) in [6.45, 7) is 9.20. The second-order valence-corrected chi connectivity index (χ2v) is 5.55. The Morgan fingerprint density at radius 2 is 2.05 bits per heavy atom. The SMILES string of the molecule is CC1(C)COCCN1CCOc1ccc(CN)cc1. The van der Waals surface area contributed by atoms with Crippen LogP contribution in [0.4, 0.5) is 0 Å². The van der Waals surface area contributed by atoms with E-state index in [4.69, 9.17) is 15.2 Å². The summed E-state index contributed by atoms with van der Waals surface area (Å²) in [4.78, 5) is 2.42. The fraction of sp³-hybridized carbons (Fsp3) is 0.600. The maximum atomic E-state index is 5.78. The van der Waals surface area contributed by atoms with Crippen LogP contribution in [0.1, 0.15) is 19.4 Å². The molecule has 0 bridgehead atoms. The molecule has 4 heteroatoms. The Labute approximate surface area is 115 Å². The molecule has 1 aliphatic rings. The normalized spacial score (nSPS) is 19.3. The van der Waals surface area contributed by atoms with Crippen LogP contribution < -0.4 is 10.5 Å². The van der Waals surface area contributed by atoms with Gasteiger partial charge >= 0.3 is 0 Å². The van der Waals surface area contributed by atoms with Crippen molar-refractivity contribution in [1.82, 2.24) is 4.90 Å². The standard InChI is InChI=1S/C15H24N2O2/c1-15(2)12-18-9-7-17(15)8-10-19-14-5-3-13(11-16)4-6-14/h3-6H,7-12,16H2,1-2H3. The van der Waals surface area contributed by atoms with Crippen LogP contribution in [-0.4, -0.2) is 43.3 Å². The van der Waals surface area contributed by atoms with E-state index in [0.29, 0.717) is 13.2 Å². The van der Waals surface area contributed by atoms with Crippen molar-refractivity contribution in [2.24, 2.45) is 5.73 Å². The lowest BCUT2D eigenvalue weighted by atomic mass is 10.0. The van der Waals surface area contributed by atoms with Gasteiger partial charge in [-0.3, -0.25) is 4.90 Å². The predicted octanol–water partition coefficient (Wildman–Crippen LogP) is 1.63. The minimum atomic E-state index is 0.102. The van der Waals surface area contributed by atoms with E-state index >= 15 is 0 Å². The molecule has 0 atom stereocenters. The highest BCUT2D eigenvalue weighted by Gasteiger charge is 2.29. The maximum Gasteiger partial charge on any atom is 0.119 e. The summed E-state index contributed by atoms with van der Waals surface area (Å²) < 4.78 is 11.3. The van der Waals surface area contributed by atoms with Gasteiger partial charge in [-0.05, 0) is 31.5 Å². The highest BCUT2D eigenvalue weighted by molar-refractivity contribution is 5.27. The zero-order chi connectivity index (χ0) is 13.7. The molecule has 2 N–H and O–H groups in total. The molecular formula is C15H24N2O2. The summed E-state index contributed by atoms with van der Waals surface area (Å²) in [5.74, 6) is 0.906. The molecule has 0 aromatic heterocycles. The first-order valence-electron chi connectivity index (χ1n) is 6.86. The minimum Gasteiger partial charge on any atom is -0.492 e. The highest BCUT2D eigenvalue weighted by atomic mass is 16.5. The zero-order valence-corrected chi connectivity index (χ0v) is 11.9. The van der Waals surface area contributed by atoms with Crippen LogP contribution in [-0.2, 0) is 11.3 Å². The Hall–Kier alpha value is -1.10. The fourth-order valence-corrected chi connectivity index (χ4v) is 2.30. The lowest BCUT2D eigenvalue weighted by Crippen LogP contribution is -2.54. The molecule has 0 radical (unpaired) electrons. The zero-order valence-electron chi connectivity index (χ0n) is 11.9. The van der Waals surface area contributed by atoms with Gasteiger partial charge in [0, 0.05) is 25.2 Å². The van der Waals surface area contributed by atoms with E-state index in [2.05, 4.69) is 18.7 Å². The number of rotatable bonds is 5. The molecule has 2 rings (SSSR count). The number of morpholine rings is 1. The average molecular weight is 264 g/mol. The smallest absolute Gasteiger partial charge is 0.119 e. The van der Waals surface area contributed by atoms with Gasteiger partial charge in [0.15, 0.2) is 0 Å². The van der Waals surface area contributed by atoms with Crippen LogP contribution in [0.25, 0.3) is 0 Å². The van der Waals surface area contributed by atoms with E-state index in [-0.39, 0.29) is 5.54 Å². The van der Waals surface area contributed by atoms with Crippen LogP contribution in [0, 0.1) is 0 Å². The van der Waals surface area contributed by atoms with Crippen LogP contribution in [0.3, 0.4) is 0 Å². The van der Waals surface area contributed by atoms with Crippen LogP contribution in [0.5, 0.6) is 5.75 Å². The lowest BCUT2D eigenvalue weighted by molar-refractivity contribution is -0.0547. The molecule has 0 aliphatic carbocycles. The molecule has 1 aromatic rings. The van der Waals surface area contributed by atoms with E-state index in [1.807, 2.05) is 24.3 Å². The van der Waals surface area contributed by atoms with Crippen LogP contribution in [0.15, 0.2) is 24.3 Å². The van der Waals surface area contributed by atoms with Gasteiger partial charge in [0.1, 0.15) is 12.4 Å². The Morgan fingerprint density at radius 1 is 1.32 bits per heavy atom. The summed E-state index contributed by atoms with van der Waals surface area (Å²) in [6, 6.07) is 7.97. The Balaban J connectivity index is 1.79. The number of nitrogens with zero attached hydrogens (tertiary/aromatic N) is 1. The van der Waals surface area contributed by atoms with Gasteiger partial charge in [-0.2, -0.15) is 0 Å². The molecule has 4 nitrogen and oxygen atoms in total. The molecule has 1 fully saturated rings. The third kappa shape index (κ3) is 3.93. The maximum absolute atomic E-state index is 5.78. The number of hydrogen-bond acceptors (Lipinski definition) is 4. The van der Waals surface area contributed by atoms with E-state index in [0.717, 1.165) is 37.6 Å². The van der Waals surface area contributed by atoms with Gasteiger partial charge in [0.25, 0.3) is 0 Å². The van der Waals surface area contributed by atoms with Crippen molar-refractivity contribution in [3.8, 4) is 5.75 Å². The van der Waals surface area contributed by atoms with Crippen molar-refractivity contribution < 1.29 is 9.47 Å². The third-order valence-electron chi connectivity index (χ3n) is 3.61. The average Bonchev–Trinajstić information content (AvgIpc) is 2.41. The Morgan fingerprint density at radius 3 is 2.68 bits per heavy atom. The van der Waals surface area contributed by atoms with E-state index < -0.39 is 0 Å². The van der Waals surface area contributed by atoms with E-state index in [1.165, 1.54) is 0 Å². The number of nitrogens with two attached hydrogens (primary N) is 1. The summed E-state index contributed by atoms with van der Waals surface area (Å²) in [7, 11) is 0. The Bertz CT molecular complexity index is 390. The molecule has 106 valence electrons. The van der Waals surface area contributed by atoms with Crippen LogP contribution in [0.2, 0.25) is 0 Å². The molecule has 0 saturated carbocycles. The molecule has 0 amide bonds. The van der Waals surface area contributed by atoms with Crippen molar-refractivity contribution >= 4 is 0 Å². The molecule has 1 saturated heterocycles. The topological polar surface area (TPSA) is 47.7 Å². The summed E-state index contributed by atoms with van der Waals surface area (Å²) >= 11 is 0. The second-order valence-electron chi connectivity index (χ2n) is 5.55. The first kappa shape index (κ1) is 14.3. The third-order valence-corrected chi connectivity index (χ3v) is 3.61. The second kappa shape index (κ2) is 6.37. The molecule has 19 heavy (non-hydrogen) atoms. The van der Waals surface area contributed by atoms with Gasteiger partial charge in [-0.1, -0.05) is 12.1 Å². The van der Waals surface area contributed by atoms with Gasteiger partial charge < -0.3 is 15.2 Å². The van der Waals surface area contributed by atoms with Gasteiger partial charge in [-0.25, -0.2) is 0 Å². The van der Waals surface area contributed by atoms with Crippen molar-refractivity contribution in [2.45, 2.75) is 25.9 Å². The lowest BCUT2D eigenvalue weighted by Gasteiger charge is -2.41. The molecule has 1 aromatic carbocycles. The van der Waals surface area contributed by atoms with Crippen molar-refractivity contribution in [1.29, 1.82) is 0 Å². The molecular weight excluding hydrogens is 240 g/mol. The first-order chi connectivity index (χ1) is 9.12. The van der Waals surface area contributed by atoms with Gasteiger partial charge in [-0.15, -0.1) is 0 Å². The molecule has 1 heterocycles. The monoisotopic (exact) mass is 264 g/mol. The summed E-state index contributed by atoms with van der Waals surface area (Å²) in [6.07, 6.45) is 0.